The van der Waals surface area contributed by atoms with Gasteiger partial charge in [0.15, 0.2) is 0 Å². The van der Waals surface area contributed by atoms with Crippen molar-refractivity contribution in [2.45, 2.75) is 58.7 Å². The van der Waals surface area contributed by atoms with Gasteiger partial charge in [-0.05, 0) is 48.1 Å². The second-order valence-corrected chi connectivity index (χ2v) is 4.91. The minimum atomic E-state index is 0.243. The van der Waals surface area contributed by atoms with Crippen LogP contribution in [-0.2, 0) is 4.74 Å². The molecule has 2 unspecified atom stereocenters. The quantitative estimate of drug-likeness (QED) is 0.670. The van der Waals surface area contributed by atoms with Gasteiger partial charge in [0, 0.05) is 18.7 Å². The second-order valence-electron chi connectivity index (χ2n) is 4.91. The predicted octanol–water partition coefficient (Wildman–Crippen LogP) is 2.53. The van der Waals surface area contributed by atoms with Crippen LogP contribution in [0.25, 0.3) is 0 Å². The predicted molar refractivity (Wildman–Crippen MR) is 58.1 cm³/mol. The zero-order valence-corrected chi connectivity index (χ0v) is 10.2. The third-order valence-electron chi connectivity index (χ3n) is 2.79. The molecule has 13 heavy (non-hydrogen) atoms. The molecule has 0 aliphatic heterocycles. The van der Waals surface area contributed by atoms with Crippen LogP contribution < -0.4 is 0 Å². The van der Waals surface area contributed by atoms with Crippen molar-refractivity contribution in [2.75, 3.05) is 14.2 Å². The molecule has 0 aromatic carbocycles. The summed E-state index contributed by atoms with van der Waals surface area (Å²) in [5, 5.41) is 0. The van der Waals surface area contributed by atoms with Crippen molar-refractivity contribution in [3.63, 3.8) is 0 Å². The minimum Gasteiger partial charge on any atom is -0.382 e. The van der Waals surface area contributed by atoms with Gasteiger partial charge in [-0.15, -0.1) is 0 Å². The molecule has 2 heteroatoms. The van der Waals surface area contributed by atoms with Crippen molar-refractivity contribution >= 4 is 0 Å². The fourth-order valence-electron chi connectivity index (χ4n) is 1.40. The fraction of sp³-hybridized carbons (Fsp3) is 1.00. The molecule has 2 nitrogen and oxygen atoms in total. The van der Waals surface area contributed by atoms with Crippen molar-refractivity contribution in [3.8, 4) is 0 Å². The summed E-state index contributed by atoms with van der Waals surface area (Å²) >= 11 is 0. The van der Waals surface area contributed by atoms with Crippen LogP contribution in [0.4, 0.5) is 0 Å². The maximum absolute atomic E-state index is 5.26. The topological polar surface area (TPSA) is 12.5 Å². The number of rotatable bonds is 4. The Labute approximate surface area is 83.3 Å². The van der Waals surface area contributed by atoms with Gasteiger partial charge in [0.1, 0.15) is 0 Å². The Morgan fingerprint density at radius 2 is 1.69 bits per heavy atom. The first-order valence-corrected chi connectivity index (χ1v) is 5.04. The first kappa shape index (κ1) is 12.9. The zero-order valence-electron chi connectivity index (χ0n) is 10.2. The van der Waals surface area contributed by atoms with Gasteiger partial charge in [-0.3, -0.25) is 4.90 Å². The van der Waals surface area contributed by atoms with Crippen LogP contribution in [0.5, 0.6) is 0 Å². The summed E-state index contributed by atoms with van der Waals surface area (Å²) in [4.78, 5) is 2.39. The van der Waals surface area contributed by atoms with Gasteiger partial charge in [-0.2, -0.15) is 0 Å². The SMILES string of the molecule is COC(C)CC(C)N(C)C(C)(C)C. The second kappa shape index (κ2) is 4.97. The number of ether oxygens (including phenoxy) is 1. The molecule has 0 N–H and O–H groups in total. The maximum atomic E-state index is 5.26. The van der Waals surface area contributed by atoms with E-state index in [1.807, 2.05) is 0 Å². The number of nitrogens with zero attached hydrogens (tertiary/aromatic N) is 1. The molecule has 0 aromatic rings. The van der Waals surface area contributed by atoms with Gasteiger partial charge in [-0.25, -0.2) is 0 Å². The number of hydrogen-bond donors (Lipinski definition) is 0. The molecule has 0 saturated carbocycles. The van der Waals surface area contributed by atoms with E-state index in [1.54, 1.807) is 7.11 Å². The van der Waals surface area contributed by atoms with Gasteiger partial charge in [0.25, 0.3) is 0 Å². The highest BCUT2D eigenvalue weighted by Gasteiger charge is 2.23. The summed E-state index contributed by atoms with van der Waals surface area (Å²) in [6.45, 7) is 11.1. The molecule has 0 bridgehead atoms. The molecule has 0 spiro atoms. The molecule has 2 atom stereocenters. The summed E-state index contributed by atoms with van der Waals surface area (Å²) in [5.74, 6) is 0. The van der Waals surface area contributed by atoms with Crippen LogP contribution >= 0.6 is 0 Å². The molecule has 0 amide bonds. The van der Waals surface area contributed by atoms with Crippen LogP contribution in [-0.4, -0.2) is 36.7 Å². The number of methoxy groups -OCH3 is 1. The van der Waals surface area contributed by atoms with E-state index in [9.17, 15) is 0 Å². The molecular formula is C11H25NO. The van der Waals surface area contributed by atoms with E-state index >= 15 is 0 Å². The third-order valence-corrected chi connectivity index (χ3v) is 2.79. The molecule has 0 radical (unpaired) electrons. The molecule has 0 heterocycles. The van der Waals surface area contributed by atoms with Gasteiger partial charge >= 0.3 is 0 Å². The lowest BCUT2D eigenvalue weighted by atomic mass is 10.0. The Hall–Kier alpha value is -0.0800. The molecule has 80 valence electrons. The maximum Gasteiger partial charge on any atom is 0.0558 e. The molecule has 0 fully saturated rings. The largest absolute Gasteiger partial charge is 0.382 e. The molecule has 0 aromatic heterocycles. The van der Waals surface area contributed by atoms with Gasteiger partial charge in [0.05, 0.1) is 6.10 Å². The van der Waals surface area contributed by atoms with Crippen molar-refractivity contribution in [1.82, 2.24) is 4.90 Å². The summed E-state index contributed by atoms with van der Waals surface area (Å²) < 4.78 is 5.26. The van der Waals surface area contributed by atoms with Gasteiger partial charge in [-0.1, -0.05) is 0 Å². The summed E-state index contributed by atoms with van der Waals surface area (Å²) in [6.07, 6.45) is 1.43. The molecule has 0 aliphatic carbocycles. The minimum absolute atomic E-state index is 0.243. The van der Waals surface area contributed by atoms with Crippen LogP contribution in [0.1, 0.15) is 41.0 Å². The Morgan fingerprint density at radius 1 is 1.23 bits per heavy atom. The van der Waals surface area contributed by atoms with Crippen LogP contribution in [0, 0.1) is 0 Å². The van der Waals surface area contributed by atoms with Gasteiger partial charge in [0.2, 0.25) is 0 Å². The fourth-order valence-corrected chi connectivity index (χ4v) is 1.40. The van der Waals surface area contributed by atoms with E-state index in [1.165, 1.54) is 0 Å². The molecule has 0 saturated heterocycles. The highest BCUT2D eigenvalue weighted by molar-refractivity contribution is 4.78. The van der Waals surface area contributed by atoms with E-state index in [-0.39, 0.29) is 5.54 Å². The Balaban J connectivity index is 4.03. The Bertz CT molecular complexity index is 140. The van der Waals surface area contributed by atoms with Crippen molar-refractivity contribution < 1.29 is 4.74 Å². The lowest BCUT2D eigenvalue weighted by molar-refractivity contribution is 0.0554. The van der Waals surface area contributed by atoms with Crippen LogP contribution in [0.2, 0.25) is 0 Å². The Morgan fingerprint density at radius 3 is 2.00 bits per heavy atom. The Kier molecular flexibility index (Phi) is 4.93. The molecule has 0 aliphatic rings. The van der Waals surface area contributed by atoms with Crippen molar-refractivity contribution in [1.29, 1.82) is 0 Å². The summed E-state index contributed by atoms with van der Waals surface area (Å²) in [5.41, 5.74) is 0.243. The lowest BCUT2D eigenvalue weighted by Crippen LogP contribution is -2.45. The highest BCUT2D eigenvalue weighted by atomic mass is 16.5. The van der Waals surface area contributed by atoms with Crippen molar-refractivity contribution in [3.05, 3.63) is 0 Å². The average molecular weight is 187 g/mol. The van der Waals surface area contributed by atoms with Crippen LogP contribution in [0.3, 0.4) is 0 Å². The third kappa shape index (κ3) is 4.63. The molecule has 0 rings (SSSR count). The van der Waals surface area contributed by atoms with E-state index in [0.29, 0.717) is 12.1 Å². The van der Waals surface area contributed by atoms with E-state index < -0.39 is 0 Å². The normalized spacial score (nSPS) is 17.5. The van der Waals surface area contributed by atoms with E-state index in [4.69, 9.17) is 4.74 Å². The van der Waals surface area contributed by atoms with Crippen LogP contribution in [0.15, 0.2) is 0 Å². The zero-order chi connectivity index (χ0) is 10.6. The lowest BCUT2D eigenvalue weighted by Gasteiger charge is -2.37. The first-order valence-electron chi connectivity index (χ1n) is 5.04. The van der Waals surface area contributed by atoms with Gasteiger partial charge < -0.3 is 4.74 Å². The smallest absolute Gasteiger partial charge is 0.0558 e. The van der Waals surface area contributed by atoms with Crippen molar-refractivity contribution in [2.24, 2.45) is 0 Å². The average Bonchev–Trinajstić information content (AvgIpc) is 2.01. The highest BCUT2D eigenvalue weighted by Crippen LogP contribution is 2.17. The van der Waals surface area contributed by atoms with E-state index in [2.05, 4.69) is 46.6 Å². The summed E-state index contributed by atoms with van der Waals surface area (Å²) in [6, 6.07) is 0.565. The monoisotopic (exact) mass is 187 g/mol. The summed E-state index contributed by atoms with van der Waals surface area (Å²) in [7, 11) is 3.95. The van der Waals surface area contributed by atoms with E-state index in [0.717, 1.165) is 6.42 Å². The standard InChI is InChI=1S/C11H25NO/c1-9(8-10(2)13-7)12(6)11(3,4)5/h9-10H,8H2,1-7H3. The first-order chi connectivity index (χ1) is 5.79. The number of hydrogen-bond acceptors (Lipinski definition) is 2. The molecular weight excluding hydrogens is 162 g/mol.